The molecular weight excluding hydrogens is 396 g/mol. The lowest BCUT2D eigenvalue weighted by Gasteiger charge is -2.19. The van der Waals surface area contributed by atoms with Crippen LogP contribution < -0.4 is 4.74 Å². The number of hydrogen-bond donors (Lipinski definition) is 1. The van der Waals surface area contributed by atoms with Crippen LogP contribution in [0.3, 0.4) is 0 Å². The molecule has 8 heteroatoms. The Morgan fingerprint density at radius 1 is 1.07 bits per heavy atom. The van der Waals surface area contributed by atoms with E-state index >= 15 is 0 Å². The Balaban J connectivity index is 1.51. The lowest BCUT2D eigenvalue weighted by molar-refractivity contribution is 0.126. The third-order valence-electron chi connectivity index (χ3n) is 4.52. The van der Waals surface area contributed by atoms with Gasteiger partial charge in [0.25, 0.3) is 0 Å². The average molecular weight is 423 g/mol. The van der Waals surface area contributed by atoms with Crippen LogP contribution in [0.1, 0.15) is 25.7 Å². The van der Waals surface area contributed by atoms with Gasteiger partial charge in [-0.3, -0.25) is 0 Å². The van der Waals surface area contributed by atoms with Crippen LogP contribution in [0.4, 0.5) is 0 Å². The normalized spacial score (nSPS) is 17.0. The zero-order valence-electron chi connectivity index (χ0n) is 15.7. The van der Waals surface area contributed by atoms with Gasteiger partial charge < -0.3 is 9.84 Å². The summed E-state index contributed by atoms with van der Waals surface area (Å²) in [6, 6.07) is 12.6. The number of aliphatic hydroxyl groups is 1. The maximum atomic E-state index is 12.8. The molecule has 1 atom stereocenters. The van der Waals surface area contributed by atoms with E-state index in [9.17, 15) is 13.5 Å². The van der Waals surface area contributed by atoms with Gasteiger partial charge in [0.2, 0.25) is 10.0 Å². The van der Waals surface area contributed by atoms with E-state index in [-0.39, 0.29) is 11.5 Å². The second-order valence-corrected chi connectivity index (χ2v) is 9.72. The number of nitrogens with zero attached hydrogens (tertiary/aromatic N) is 2. The summed E-state index contributed by atoms with van der Waals surface area (Å²) < 4.78 is 32.6. The topological polar surface area (TPSA) is 79.7 Å². The first kappa shape index (κ1) is 21.1. The molecule has 152 valence electrons. The lowest BCUT2D eigenvalue weighted by Crippen LogP contribution is -2.32. The molecule has 28 heavy (non-hydrogen) atoms. The predicted octanol–water partition coefficient (Wildman–Crippen LogP) is 3.18. The third kappa shape index (κ3) is 5.94. The largest absolute Gasteiger partial charge is 0.491 e. The van der Waals surface area contributed by atoms with Crippen LogP contribution in [0.2, 0.25) is 0 Å². The van der Waals surface area contributed by atoms with Crippen molar-refractivity contribution in [3.8, 4) is 5.75 Å². The summed E-state index contributed by atoms with van der Waals surface area (Å²) in [7, 11) is -3.48. The van der Waals surface area contributed by atoms with Gasteiger partial charge >= 0.3 is 0 Å². The van der Waals surface area contributed by atoms with Gasteiger partial charge in [-0.2, -0.15) is 4.31 Å². The van der Waals surface area contributed by atoms with Crippen molar-refractivity contribution in [3.05, 3.63) is 48.7 Å². The fourth-order valence-corrected chi connectivity index (χ4v) is 5.19. The summed E-state index contributed by atoms with van der Waals surface area (Å²) in [5.74, 6) is 1.13. The van der Waals surface area contributed by atoms with Crippen LogP contribution in [-0.4, -0.2) is 54.4 Å². The summed E-state index contributed by atoms with van der Waals surface area (Å²) >= 11 is 1.37. The highest BCUT2D eigenvalue weighted by atomic mass is 32.2. The molecule has 0 saturated carbocycles. The molecule has 1 aliphatic rings. The molecule has 1 aromatic heterocycles. The minimum absolute atomic E-state index is 0.193. The Bertz CT molecular complexity index is 821. The zero-order chi connectivity index (χ0) is 19.8. The highest BCUT2D eigenvalue weighted by molar-refractivity contribution is 7.99. The average Bonchev–Trinajstić information content (AvgIpc) is 3.02. The molecule has 0 amide bonds. The first-order chi connectivity index (χ1) is 13.6. The second kappa shape index (κ2) is 10.2. The van der Waals surface area contributed by atoms with Crippen LogP contribution >= 0.6 is 11.8 Å². The van der Waals surface area contributed by atoms with Gasteiger partial charge in [-0.05, 0) is 37.1 Å². The molecule has 1 unspecified atom stereocenters. The number of rotatable bonds is 8. The molecule has 2 aromatic rings. The molecule has 6 nitrogen and oxygen atoms in total. The molecule has 0 spiro atoms. The number of aliphatic hydroxyl groups excluding tert-OH is 1. The number of thioether (sulfide) groups is 1. The SMILES string of the molecule is O=S(=O)(c1ccc(SCC(O)COc2ccccc2)nc1)N1CCCCCC1. The van der Waals surface area contributed by atoms with E-state index in [2.05, 4.69) is 4.98 Å². The molecule has 3 rings (SSSR count). The Morgan fingerprint density at radius 3 is 2.43 bits per heavy atom. The summed E-state index contributed by atoms with van der Waals surface area (Å²) in [4.78, 5) is 4.49. The summed E-state index contributed by atoms with van der Waals surface area (Å²) in [6.45, 7) is 1.34. The van der Waals surface area contributed by atoms with Crippen LogP contribution in [-0.2, 0) is 10.0 Å². The van der Waals surface area contributed by atoms with Crippen LogP contribution in [0.5, 0.6) is 5.75 Å². The molecule has 1 N–H and O–H groups in total. The van der Waals surface area contributed by atoms with E-state index < -0.39 is 16.1 Å². The van der Waals surface area contributed by atoms with Crippen LogP contribution in [0.25, 0.3) is 0 Å². The van der Waals surface area contributed by atoms with Crippen LogP contribution in [0.15, 0.2) is 58.6 Å². The van der Waals surface area contributed by atoms with Crippen LogP contribution in [0, 0.1) is 0 Å². The second-order valence-electron chi connectivity index (χ2n) is 6.74. The molecule has 1 saturated heterocycles. The monoisotopic (exact) mass is 422 g/mol. The number of sulfonamides is 1. The maximum absolute atomic E-state index is 12.8. The highest BCUT2D eigenvalue weighted by Crippen LogP contribution is 2.22. The number of pyridine rings is 1. The number of hydrogen-bond acceptors (Lipinski definition) is 6. The molecule has 0 radical (unpaired) electrons. The lowest BCUT2D eigenvalue weighted by atomic mass is 10.2. The minimum Gasteiger partial charge on any atom is -0.491 e. The number of aromatic nitrogens is 1. The fraction of sp³-hybridized carbons (Fsp3) is 0.450. The smallest absolute Gasteiger partial charge is 0.244 e. The molecular formula is C20H26N2O4S2. The van der Waals surface area contributed by atoms with Crippen molar-refractivity contribution >= 4 is 21.8 Å². The van der Waals surface area contributed by atoms with Gasteiger partial charge in [-0.15, -0.1) is 11.8 Å². The van der Waals surface area contributed by atoms with Gasteiger partial charge in [0.05, 0.1) is 11.1 Å². The first-order valence-electron chi connectivity index (χ1n) is 9.50. The Morgan fingerprint density at radius 2 is 1.79 bits per heavy atom. The number of benzene rings is 1. The predicted molar refractivity (Wildman–Crippen MR) is 110 cm³/mol. The van der Waals surface area contributed by atoms with E-state index in [1.807, 2.05) is 30.3 Å². The minimum atomic E-state index is -3.48. The maximum Gasteiger partial charge on any atom is 0.244 e. The van der Waals surface area contributed by atoms with E-state index in [4.69, 9.17) is 4.74 Å². The number of para-hydroxylation sites is 1. The molecule has 1 fully saturated rings. The summed E-state index contributed by atoms with van der Waals surface area (Å²) in [5, 5.41) is 10.8. The van der Waals surface area contributed by atoms with Crippen molar-refractivity contribution in [2.24, 2.45) is 0 Å². The summed E-state index contributed by atoms with van der Waals surface area (Å²) in [5.41, 5.74) is 0. The van der Waals surface area contributed by atoms with Gasteiger partial charge in [-0.25, -0.2) is 13.4 Å². The highest BCUT2D eigenvalue weighted by Gasteiger charge is 2.25. The van der Waals surface area contributed by atoms with Crippen molar-refractivity contribution in [2.45, 2.75) is 41.7 Å². The van der Waals surface area contributed by atoms with Crippen molar-refractivity contribution < 1.29 is 18.3 Å². The van der Waals surface area contributed by atoms with Crippen molar-refractivity contribution in [2.75, 3.05) is 25.4 Å². The van der Waals surface area contributed by atoms with Gasteiger partial charge in [0, 0.05) is 25.0 Å². The number of ether oxygens (including phenoxy) is 1. The van der Waals surface area contributed by atoms with Gasteiger partial charge in [0.15, 0.2) is 0 Å². The fourth-order valence-electron chi connectivity index (χ4n) is 2.97. The third-order valence-corrected chi connectivity index (χ3v) is 7.49. The molecule has 0 bridgehead atoms. The summed E-state index contributed by atoms with van der Waals surface area (Å²) in [6.07, 6.45) is 4.74. The first-order valence-corrected chi connectivity index (χ1v) is 11.9. The van der Waals surface area contributed by atoms with E-state index in [1.54, 1.807) is 16.4 Å². The Labute approximate surface area is 171 Å². The quantitative estimate of drug-likeness (QED) is 0.658. The molecule has 0 aliphatic carbocycles. The van der Waals surface area contributed by atoms with Gasteiger partial charge in [0.1, 0.15) is 17.3 Å². The molecule has 1 aromatic carbocycles. The molecule has 1 aliphatic heterocycles. The van der Waals surface area contributed by atoms with E-state index in [0.29, 0.717) is 29.6 Å². The van der Waals surface area contributed by atoms with Crippen molar-refractivity contribution in [1.82, 2.24) is 9.29 Å². The standard InChI is InChI=1S/C20H26N2O4S2/c23-17(15-26-18-8-4-3-5-9-18)16-27-20-11-10-19(14-21-20)28(24,25)22-12-6-1-2-7-13-22/h3-5,8-11,14,17,23H,1-2,6-7,12-13,15-16H2. The van der Waals surface area contributed by atoms with Crippen molar-refractivity contribution in [3.63, 3.8) is 0 Å². The Kier molecular flexibility index (Phi) is 7.73. The Hall–Kier alpha value is -1.61. The zero-order valence-corrected chi connectivity index (χ0v) is 17.4. The molecule has 2 heterocycles. The van der Waals surface area contributed by atoms with Crippen molar-refractivity contribution in [1.29, 1.82) is 0 Å². The van der Waals surface area contributed by atoms with E-state index in [1.165, 1.54) is 18.0 Å². The van der Waals surface area contributed by atoms with Gasteiger partial charge in [-0.1, -0.05) is 31.0 Å². The van der Waals surface area contributed by atoms with E-state index in [0.717, 1.165) is 25.7 Å².